The highest BCUT2D eigenvalue weighted by molar-refractivity contribution is 5.89. The molecule has 0 aliphatic rings. The fourth-order valence-corrected chi connectivity index (χ4v) is 2.13. The summed E-state index contributed by atoms with van der Waals surface area (Å²) < 4.78 is 16.0. The van der Waals surface area contributed by atoms with E-state index < -0.39 is 11.4 Å². The quantitative estimate of drug-likeness (QED) is 0.431. The summed E-state index contributed by atoms with van der Waals surface area (Å²) in [6, 6.07) is 12.3. The van der Waals surface area contributed by atoms with Gasteiger partial charge in [-0.2, -0.15) is 0 Å². The molecule has 0 N–H and O–H groups in total. The lowest BCUT2D eigenvalue weighted by Crippen LogP contribution is -2.25. The van der Waals surface area contributed by atoms with Gasteiger partial charge in [-0.15, -0.1) is 0 Å². The second-order valence-electron chi connectivity index (χ2n) is 7.20. The Bertz CT molecular complexity index is 857. The summed E-state index contributed by atoms with van der Waals surface area (Å²) in [4.78, 5) is 23.6. The minimum absolute atomic E-state index is 0.295. The minimum atomic E-state index is -0.570. The highest BCUT2D eigenvalue weighted by Gasteiger charge is 2.23. The van der Waals surface area contributed by atoms with Crippen molar-refractivity contribution in [3.05, 3.63) is 54.6 Å². The normalized spacial score (nSPS) is 10.9. The minimum Gasteiger partial charge on any atom is -0.496 e. The molecule has 0 amide bonds. The molecule has 0 fully saturated rings. The molecule has 0 bridgehead atoms. The summed E-state index contributed by atoms with van der Waals surface area (Å²) in [6.07, 6.45) is 0. The van der Waals surface area contributed by atoms with Crippen LogP contribution in [-0.2, 0) is 9.59 Å². The SMILES string of the molecule is C=C(C)C(=O)Oc1ccc(-c2ccc(OC(=O)C(C)(C)C)cc2)c(OC)c1. The van der Waals surface area contributed by atoms with Gasteiger partial charge in [-0.3, -0.25) is 4.79 Å². The molecule has 2 aromatic carbocycles. The van der Waals surface area contributed by atoms with Crippen LogP contribution in [0.15, 0.2) is 54.6 Å². The smallest absolute Gasteiger partial charge is 0.338 e. The van der Waals surface area contributed by atoms with E-state index in [-0.39, 0.29) is 5.97 Å². The van der Waals surface area contributed by atoms with Crippen molar-refractivity contribution >= 4 is 11.9 Å². The average Bonchev–Trinajstić information content (AvgIpc) is 2.61. The van der Waals surface area contributed by atoms with E-state index in [4.69, 9.17) is 14.2 Å². The van der Waals surface area contributed by atoms with Gasteiger partial charge in [-0.05, 0) is 57.5 Å². The molecule has 2 aromatic rings. The molecule has 5 heteroatoms. The third kappa shape index (κ3) is 5.20. The van der Waals surface area contributed by atoms with Gasteiger partial charge in [0.25, 0.3) is 0 Å². The van der Waals surface area contributed by atoms with Crippen LogP contribution in [-0.4, -0.2) is 19.0 Å². The number of ether oxygens (including phenoxy) is 3. The van der Waals surface area contributed by atoms with E-state index in [0.717, 1.165) is 11.1 Å². The lowest BCUT2D eigenvalue weighted by atomic mass is 9.97. The first kappa shape index (κ1) is 20.2. The Balaban J connectivity index is 2.23. The molecule has 0 aliphatic heterocycles. The van der Waals surface area contributed by atoms with Crippen LogP contribution in [0.5, 0.6) is 17.2 Å². The molecular weight excluding hydrogens is 344 g/mol. The Labute approximate surface area is 159 Å². The van der Waals surface area contributed by atoms with Crippen molar-refractivity contribution in [1.82, 2.24) is 0 Å². The van der Waals surface area contributed by atoms with E-state index in [0.29, 0.717) is 22.8 Å². The molecule has 0 spiro atoms. The summed E-state index contributed by atoms with van der Waals surface area (Å²) >= 11 is 0. The highest BCUT2D eigenvalue weighted by atomic mass is 16.5. The summed E-state index contributed by atoms with van der Waals surface area (Å²) in [5.74, 6) is 0.622. The van der Waals surface area contributed by atoms with Gasteiger partial charge >= 0.3 is 11.9 Å². The van der Waals surface area contributed by atoms with Crippen molar-refractivity contribution in [2.24, 2.45) is 5.41 Å². The van der Waals surface area contributed by atoms with Gasteiger partial charge in [-0.1, -0.05) is 18.7 Å². The first-order valence-electron chi connectivity index (χ1n) is 8.50. The van der Waals surface area contributed by atoms with E-state index in [1.807, 2.05) is 12.1 Å². The number of methoxy groups -OCH3 is 1. The molecule has 5 nitrogen and oxygen atoms in total. The standard InChI is InChI=1S/C22H24O5/c1-14(2)20(23)26-17-11-12-18(19(13-17)25-6)15-7-9-16(10-8-15)27-21(24)22(3,4)5/h7-13H,1H2,2-6H3. The van der Waals surface area contributed by atoms with Gasteiger partial charge in [0.15, 0.2) is 0 Å². The van der Waals surface area contributed by atoms with Crippen LogP contribution >= 0.6 is 0 Å². The first-order valence-corrected chi connectivity index (χ1v) is 8.50. The molecule has 27 heavy (non-hydrogen) atoms. The van der Waals surface area contributed by atoms with Gasteiger partial charge in [0.2, 0.25) is 0 Å². The van der Waals surface area contributed by atoms with Crippen LogP contribution in [0.25, 0.3) is 11.1 Å². The zero-order valence-electron chi connectivity index (χ0n) is 16.3. The van der Waals surface area contributed by atoms with Crippen molar-refractivity contribution in [3.63, 3.8) is 0 Å². The molecule has 0 radical (unpaired) electrons. The average molecular weight is 368 g/mol. The first-order chi connectivity index (χ1) is 12.6. The number of rotatable bonds is 5. The summed E-state index contributed by atoms with van der Waals surface area (Å²) in [5, 5.41) is 0. The van der Waals surface area contributed by atoms with E-state index in [1.54, 1.807) is 65.1 Å². The maximum Gasteiger partial charge on any atom is 0.338 e. The second kappa shape index (κ2) is 8.08. The van der Waals surface area contributed by atoms with Gasteiger partial charge < -0.3 is 14.2 Å². The summed E-state index contributed by atoms with van der Waals surface area (Å²) in [7, 11) is 1.54. The molecule has 2 rings (SSSR count). The molecule has 0 aromatic heterocycles. The number of hydrogen-bond acceptors (Lipinski definition) is 5. The number of carbonyl (C=O) groups excluding carboxylic acids is 2. The zero-order chi connectivity index (χ0) is 20.2. The van der Waals surface area contributed by atoms with Gasteiger partial charge in [-0.25, -0.2) is 4.79 Å². The van der Waals surface area contributed by atoms with Crippen LogP contribution in [0.4, 0.5) is 0 Å². The van der Waals surface area contributed by atoms with Crippen molar-refractivity contribution in [2.75, 3.05) is 7.11 Å². The topological polar surface area (TPSA) is 61.8 Å². The van der Waals surface area contributed by atoms with E-state index in [2.05, 4.69) is 6.58 Å². The molecule has 142 valence electrons. The highest BCUT2D eigenvalue weighted by Crippen LogP contribution is 2.34. The maximum absolute atomic E-state index is 12.0. The number of esters is 2. The Morgan fingerprint density at radius 3 is 2.04 bits per heavy atom. The zero-order valence-corrected chi connectivity index (χ0v) is 16.3. The fourth-order valence-electron chi connectivity index (χ4n) is 2.13. The molecule has 0 unspecified atom stereocenters. The summed E-state index contributed by atoms with van der Waals surface area (Å²) in [6.45, 7) is 10.6. The largest absolute Gasteiger partial charge is 0.496 e. The van der Waals surface area contributed by atoms with E-state index in [1.165, 1.54) is 0 Å². The molecule has 0 aliphatic carbocycles. The Morgan fingerprint density at radius 1 is 0.926 bits per heavy atom. The third-order valence-corrected chi connectivity index (χ3v) is 3.72. The van der Waals surface area contributed by atoms with Gasteiger partial charge in [0, 0.05) is 17.2 Å². The Kier molecular flexibility index (Phi) is 6.05. The maximum atomic E-state index is 12.0. The lowest BCUT2D eigenvalue weighted by molar-refractivity contribution is -0.143. The third-order valence-electron chi connectivity index (χ3n) is 3.72. The Morgan fingerprint density at radius 2 is 1.52 bits per heavy atom. The van der Waals surface area contributed by atoms with E-state index >= 15 is 0 Å². The number of carbonyl (C=O) groups is 2. The number of hydrogen-bond donors (Lipinski definition) is 0. The van der Waals surface area contributed by atoms with Crippen molar-refractivity contribution in [3.8, 4) is 28.4 Å². The predicted octanol–water partition coefficient (Wildman–Crippen LogP) is 4.80. The van der Waals surface area contributed by atoms with Gasteiger partial charge in [0.05, 0.1) is 12.5 Å². The molecule has 0 heterocycles. The molecule has 0 atom stereocenters. The molecule has 0 saturated heterocycles. The summed E-state index contributed by atoms with van der Waals surface area (Å²) in [5.41, 5.74) is 1.44. The van der Waals surface area contributed by atoms with Crippen LogP contribution in [0.1, 0.15) is 27.7 Å². The monoisotopic (exact) mass is 368 g/mol. The number of benzene rings is 2. The van der Waals surface area contributed by atoms with Crippen LogP contribution in [0.3, 0.4) is 0 Å². The molecular formula is C22H24O5. The Hall–Kier alpha value is -3.08. The fraction of sp³-hybridized carbons (Fsp3) is 0.273. The second-order valence-corrected chi connectivity index (χ2v) is 7.20. The van der Waals surface area contributed by atoms with Crippen LogP contribution in [0, 0.1) is 5.41 Å². The van der Waals surface area contributed by atoms with Crippen LogP contribution in [0.2, 0.25) is 0 Å². The van der Waals surface area contributed by atoms with Crippen molar-refractivity contribution in [2.45, 2.75) is 27.7 Å². The van der Waals surface area contributed by atoms with E-state index in [9.17, 15) is 9.59 Å². The molecule has 0 saturated carbocycles. The van der Waals surface area contributed by atoms with Crippen LogP contribution < -0.4 is 14.2 Å². The van der Waals surface area contributed by atoms with Crippen molar-refractivity contribution in [1.29, 1.82) is 0 Å². The lowest BCUT2D eigenvalue weighted by Gasteiger charge is -2.16. The van der Waals surface area contributed by atoms with Crippen molar-refractivity contribution < 1.29 is 23.8 Å². The predicted molar refractivity (Wildman–Crippen MR) is 104 cm³/mol. The van der Waals surface area contributed by atoms with Gasteiger partial charge in [0.1, 0.15) is 17.2 Å².